The number of aromatic amines is 1. The van der Waals surface area contributed by atoms with Crippen molar-refractivity contribution in [2.45, 2.75) is 6.42 Å². The topological polar surface area (TPSA) is 103 Å². The summed E-state index contributed by atoms with van der Waals surface area (Å²) in [5.41, 5.74) is 3.15. The third-order valence-corrected chi connectivity index (χ3v) is 3.10. The average Bonchev–Trinajstić information content (AvgIpc) is 3.19. The van der Waals surface area contributed by atoms with Crippen molar-refractivity contribution >= 4 is 11.2 Å². The van der Waals surface area contributed by atoms with Crippen LogP contribution in [0.4, 0.5) is 0 Å². The van der Waals surface area contributed by atoms with Crippen molar-refractivity contribution < 1.29 is 0 Å². The molecule has 0 saturated carbocycles. The van der Waals surface area contributed by atoms with Crippen molar-refractivity contribution in [1.82, 2.24) is 44.9 Å². The molecule has 9 nitrogen and oxygen atoms in total. The summed E-state index contributed by atoms with van der Waals surface area (Å²) in [4.78, 5) is 8.85. The van der Waals surface area contributed by atoms with E-state index in [4.69, 9.17) is 0 Å². The van der Waals surface area contributed by atoms with Gasteiger partial charge in [-0.2, -0.15) is 14.9 Å². The van der Waals surface area contributed by atoms with Crippen LogP contribution in [0.2, 0.25) is 0 Å². The van der Waals surface area contributed by atoms with Crippen LogP contribution in [0.1, 0.15) is 11.4 Å². The minimum Gasteiger partial charge on any atom is -0.285 e. The second-order valence-electron chi connectivity index (χ2n) is 4.65. The Hall–Kier alpha value is -3.10. The van der Waals surface area contributed by atoms with Gasteiger partial charge < -0.3 is 0 Å². The standard InChI is InChI=1S/C12H11N9/c1-20-7-9(5-16-20)21-12-10(18-19-21)6-13-11(17-12)2-8-3-14-15-4-8/h3-7H,2H2,1H3,(H,14,15). The highest BCUT2D eigenvalue weighted by molar-refractivity contribution is 5.70. The first-order valence-corrected chi connectivity index (χ1v) is 6.33. The fraction of sp³-hybridized carbons (Fsp3) is 0.167. The third-order valence-electron chi connectivity index (χ3n) is 3.10. The minimum absolute atomic E-state index is 0.602. The molecule has 0 atom stereocenters. The smallest absolute Gasteiger partial charge is 0.187 e. The lowest BCUT2D eigenvalue weighted by atomic mass is 10.2. The number of nitrogens with zero attached hydrogens (tertiary/aromatic N) is 8. The summed E-state index contributed by atoms with van der Waals surface area (Å²) < 4.78 is 3.36. The number of hydrogen-bond donors (Lipinski definition) is 1. The summed E-state index contributed by atoms with van der Waals surface area (Å²) >= 11 is 0. The summed E-state index contributed by atoms with van der Waals surface area (Å²) in [6, 6.07) is 0. The van der Waals surface area contributed by atoms with Crippen LogP contribution in [0.3, 0.4) is 0 Å². The minimum atomic E-state index is 0.602. The molecule has 0 fully saturated rings. The van der Waals surface area contributed by atoms with Crippen molar-refractivity contribution in [1.29, 1.82) is 0 Å². The highest BCUT2D eigenvalue weighted by Gasteiger charge is 2.11. The molecule has 0 aliphatic carbocycles. The quantitative estimate of drug-likeness (QED) is 0.577. The van der Waals surface area contributed by atoms with E-state index in [1.807, 2.05) is 19.4 Å². The molecule has 0 bridgehead atoms. The number of nitrogens with one attached hydrogen (secondary N) is 1. The SMILES string of the molecule is Cn1cc(-n2nnc3cnc(Cc4cn[nH]c4)nc32)cn1. The molecule has 0 aliphatic rings. The van der Waals surface area contributed by atoms with E-state index in [2.05, 4.69) is 35.6 Å². The Morgan fingerprint density at radius 3 is 2.95 bits per heavy atom. The zero-order chi connectivity index (χ0) is 14.2. The van der Waals surface area contributed by atoms with E-state index in [1.54, 1.807) is 28.0 Å². The van der Waals surface area contributed by atoms with Gasteiger partial charge in [0.2, 0.25) is 0 Å². The normalized spacial score (nSPS) is 11.3. The van der Waals surface area contributed by atoms with Crippen LogP contribution < -0.4 is 0 Å². The molecule has 0 saturated heterocycles. The maximum atomic E-state index is 4.54. The Kier molecular flexibility index (Phi) is 2.49. The predicted octanol–water partition coefficient (Wildman–Crippen LogP) is 0.258. The van der Waals surface area contributed by atoms with Crippen molar-refractivity contribution in [3.05, 3.63) is 42.4 Å². The summed E-state index contributed by atoms with van der Waals surface area (Å²) in [7, 11) is 1.85. The Balaban J connectivity index is 1.79. The number of rotatable bonds is 3. The van der Waals surface area contributed by atoms with Crippen LogP contribution in [0.25, 0.3) is 16.9 Å². The molecule has 0 aromatic carbocycles. The van der Waals surface area contributed by atoms with Gasteiger partial charge in [-0.05, 0) is 5.56 Å². The summed E-state index contributed by atoms with van der Waals surface area (Å²) in [5, 5.41) is 19.0. The Labute approximate surface area is 118 Å². The molecule has 0 unspecified atom stereocenters. The molecular weight excluding hydrogens is 270 g/mol. The lowest BCUT2D eigenvalue weighted by molar-refractivity contribution is 0.764. The van der Waals surface area contributed by atoms with Gasteiger partial charge in [-0.1, -0.05) is 5.21 Å². The Morgan fingerprint density at radius 1 is 1.24 bits per heavy atom. The number of hydrogen-bond acceptors (Lipinski definition) is 6. The lowest BCUT2D eigenvalue weighted by Crippen LogP contribution is -2.00. The van der Waals surface area contributed by atoms with Crippen LogP contribution in [-0.4, -0.2) is 44.9 Å². The Morgan fingerprint density at radius 2 is 2.19 bits per heavy atom. The van der Waals surface area contributed by atoms with Gasteiger partial charge in [0, 0.05) is 19.7 Å². The highest BCUT2D eigenvalue weighted by Crippen LogP contribution is 2.14. The van der Waals surface area contributed by atoms with Gasteiger partial charge >= 0.3 is 0 Å². The van der Waals surface area contributed by atoms with E-state index in [9.17, 15) is 0 Å². The fourth-order valence-corrected chi connectivity index (χ4v) is 2.10. The molecule has 0 amide bonds. The van der Waals surface area contributed by atoms with E-state index in [-0.39, 0.29) is 0 Å². The molecule has 4 rings (SSSR count). The van der Waals surface area contributed by atoms with Gasteiger partial charge in [-0.15, -0.1) is 5.10 Å². The summed E-state index contributed by atoms with van der Waals surface area (Å²) in [5.74, 6) is 0.691. The molecule has 1 N–H and O–H groups in total. The van der Waals surface area contributed by atoms with Gasteiger partial charge in [-0.3, -0.25) is 9.78 Å². The monoisotopic (exact) mass is 281 g/mol. The van der Waals surface area contributed by atoms with Crippen LogP contribution in [0.5, 0.6) is 0 Å². The number of aromatic nitrogens is 9. The molecule has 0 aliphatic heterocycles. The molecule has 9 heteroatoms. The fourth-order valence-electron chi connectivity index (χ4n) is 2.10. The number of aryl methyl sites for hydroxylation is 1. The molecule has 4 aromatic heterocycles. The van der Waals surface area contributed by atoms with Crippen molar-refractivity contribution in [2.24, 2.45) is 7.05 Å². The van der Waals surface area contributed by atoms with Crippen LogP contribution >= 0.6 is 0 Å². The molecule has 4 heterocycles. The molecule has 0 spiro atoms. The lowest BCUT2D eigenvalue weighted by Gasteiger charge is -1.99. The highest BCUT2D eigenvalue weighted by atomic mass is 15.5. The number of H-pyrrole nitrogens is 1. The molecule has 4 aromatic rings. The molecule has 21 heavy (non-hydrogen) atoms. The van der Waals surface area contributed by atoms with Gasteiger partial charge in [0.25, 0.3) is 0 Å². The molecule has 104 valence electrons. The van der Waals surface area contributed by atoms with Gasteiger partial charge in [-0.25, -0.2) is 9.97 Å². The van der Waals surface area contributed by atoms with Gasteiger partial charge in [0.1, 0.15) is 11.5 Å². The average molecular weight is 281 g/mol. The maximum Gasteiger partial charge on any atom is 0.187 e. The van der Waals surface area contributed by atoms with Crippen molar-refractivity contribution in [2.75, 3.05) is 0 Å². The first kappa shape index (κ1) is 11.7. The zero-order valence-electron chi connectivity index (χ0n) is 11.2. The Bertz CT molecular complexity index is 887. The summed E-state index contributed by atoms with van der Waals surface area (Å²) in [6.45, 7) is 0. The van der Waals surface area contributed by atoms with E-state index in [0.717, 1.165) is 11.3 Å². The van der Waals surface area contributed by atoms with Gasteiger partial charge in [0.05, 0.1) is 24.8 Å². The second kappa shape index (κ2) is 4.47. The summed E-state index contributed by atoms with van der Waals surface area (Å²) in [6.07, 6.45) is 9.43. The van der Waals surface area contributed by atoms with Crippen molar-refractivity contribution in [3.63, 3.8) is 0 Å². The second-order valence-corrected chi connectivity index (χ2v) is 4.65. The van der Waals surface area contributed by atoms with Crippen molar-refractivity contribution in [3.8, 4) is 5.69 Å². The third kappa shape index (κ3) is 2.04. The zero-order valence-corrected chi connectivity index (χ0v) is 11.2. The van der Waals surface area contributed by atoms with Crippen LogP contribution in [0, 0.1) is 0 Å². The van der Waals surface area contributed by atoms with E-state index >= 15 is 0 Å². The molecular formula is C12H11N9. The van der Waals surface area contributed by atoms with Crippen LogP contribution in [0.15, 0.2) is 31.0 Å². The molecule has 0 radical (unpaired) electrons. The van der Waals surface area contributed by atoms with E-state index < -0.39 is 0 Å². The first-order valence-electron chi connectivity index (χ1n) is 6.33. The van der Waals surface area contributed by atoms with Crippen LogP contribution in [-0.2, 0) is 13.5 Å². The number of fused-ring (bicyclic) bond motifs is 1. The predicted molar refractivity (Wildman–Crippen MR) is 72.6 cm³/mol. The largest absolute Gasteiger partial charge is 0.285 e. The van der Waals surface area contributed by atoms with Gasteiger partial charge in [0.15, 0.2) is 11.2 Å². The van der Waals surface area contributed by atoms with E-state index in [1.165, 1.54) is 0 Å². The maximum absolute atomic E-state index is 4.54. The van der Waals surface area contributed by atoms with E-state index in [0.29, 0.717) is 23.4 Å². The first-order chi connectivity index (χ1) is 10.3.